The minimum Gasteiger partial charge on any atom is -0.489 e. The van der Waals surface area contributed by atoms with Gasteiger partial charge in [-0.05, 0) is 62.7 Å². The third-order valence-electron chi connectivity index (χ3n) is 4.51. The average Bonchev–Trinajstić information content (AvgIpc) is 2.97. The molecule has 3 rings (SSSR count). The lowest BCUT2D eigenvalue weighted by molar-refractivity contribution is 0.0845. The van der Waals surface area contributed by atoms with Gasteiger partial charge in [0.1, 0.15) is 23.9 Å². The highest BCUT2D eigenvalue weighted by molar-refractivity contribution is 6.30. The summed E-state index contributed by atoms with van der Waals surface area (Å²) in [6, 6.07) is 14.0. The largest absolute Gasteiger partial charge is 0.489 e. The van der Waals surface area contributed by atoms with Crippen molar-refractivity contribution in [2.24, 2.45) is 0 Å². The van der Waals surface area contributed by atoms with E-state index in [0.29, 0.717) is 40.0 Å². The molecule has 0 bridgehead atoms. The van der Waals surface area contributed by atoms with Crippen LogP contribution in [0.1, 0.15) is 43.4 Å². The zero-order valence-electron chi connectivity index (χ0n) is 16.3. The van der Waals surface area contributed by atoms with E-state index < -0.39 is 11.8 Å². The number of carbonyl (C=O) groups excluding carboxylic acids is 2. The molecule has 3 aromatic rings. The number of hydrogen-bond donors (Lipinski definition) is 2. The van der Waals surface area contributed by atoms with Gasteiger partial charge >= 0.3 is 0 Å². The molecule has 0 saturated carbocycles. The van der Waals surface area contributed by atoms with Crippen LogP contribution >= 0.6 is 11.6 Å². The van der Waals surface area contributed by atoms with Crippen LogP contribution in [0.2, 0.25) is 5.02 Å². The normalized spacial score (nSPS) is 10.5. The lowest BCUT2D eigenvalue weighted by Gasteiger charge is -2.09. The van der Waals surface area contributed by atoms with Gasteiger partial charge in [0.25, 0.3) is 11.8 Å². The minimum atomic E-state index is -0.418. The Morgan fingerprint density at radius 1 is 0.897 bits per heavy atom. The second-order valence-corrected chi connectivity index (χ2v) is 7.00. The van der Waals surface area contributed by atoms with E-state index in [-0.39, 0.29) is 0 Å². The first-order valence-corrected chi connectivity index (χ1v) is 9.37. The number of furan rings is 1. The maximum Gasteiger partial charge on any atom is 0.273 e. The van der Waals surface area contributed by atoms with Crippen LogP contribution in [0.3, 0.4) is 0 Å². The fraction of sp³-hybridized carbons (Fsp3) is 0.182. The van der Waals surface area contributed by atoms with Gasteiger partial charge in [-0.3, -0.25) is 20.4 Å². The number of halogens is 1. The Kier molecular flexibility index (Phi) is 6.24. The van der Waals surface area contributed by atoms with Gasteiger partial charge in [-0.15, -0.1) is 0 Å². The molecule has 0 unspecified atom stereocenters. The molecular formula is C22H21ClN2O4. The van der Waals surface area contributed by atoms with Crippen molar-refractivity contribution in [3.8, 4) is 5.75 Å². The molecule has 1 aromatic heterocycles. The Hall–Kier alpha value is -3.25. The lowest BCUT2D eigenvalue weighted by Crippen LogP contribution is -2.41. The maximum atomic E-state index is 12.3. The summed E-state index contributed by atoms with van der Waals surface area (Å²) in [5, 5.41) is 0.646. The maximum absolute atomic E-state index is 12.3. The van der Waals surface area contributed by atoms with Crippen LogP contribution in [0.15, 0.2) is 52.9 Å². The first kappa shape index (κ1) is 20.5. The van der Waals surface area contributed by atoms with Gasteiger partial charge in [-0.2, -0.15) is 0 Å². The summed E-state index contributed by atoms with van der Waals surface area (Å²) in [6.45, 7) is 5.66. The molecule has 0 aliphatic carbocycles. The van der Waals surface area contributed by atoms with E-state index in [4.69, 9.17) is 20.8 Å². The Labute approximate surface area is 173 Å². The van der Waals surface area contributed by atoms with Gasteiger partial charge in [-0.25, -0.2) is 0 Å². The highest BCUT2D eigenvalue weighted by Crippen LogP contribution is 2.20. The van der Waals surface area contributed by atoms with Crippen molar-refractivity contribution >= 4 is 23.4 Å². The fourth-order valence-electron chi connectivity index (χ4n) is 2.83. The molecule has 0 fully saturated rings. The van der Waals surface area contributed by atoms with Gasteiger partial charge < -0.3 is 9.15 Å². The number of benzene rings is 2. The highest BCUT2D eigenvalue weighted by atomic mass is 35.5. The molecule has 0 saturated heterocycles. The standard InChI is InChI=1S/C22H21ClN2O4/c1-13-14(2)29-15(3)20(13)22(27)25-24-21(26)17-6-4-16(5-7-17)12-28-19-10-8-18(23)9-11-19/h4-11H,12H2,1-3H3,(H,24,26)(H,25,27). The number of amides is 2. The van der Waals surface area contributed by atoms with Crippen molar-refractivity contribution in [3.05, 3.63) is 87.3 Å². The predicted molar refractivity (Wildman–Crippen MR) is 110 cm³/mol. The van der Waals surface area contributed by atoms with Crippen molar-refractivity contribution in [1.29, 1.82) is 0 Å². The fourth-order valence-corrected chi connectivity index (χ4v) is 2.95. The van der Waals surface area contributed by atoms with Crippen molar-refractivity contribution in [2.45, 2.75) is 27.4 Å². The Morgan fingerprint density at radius 2 is 1.52 bits per heavy atom. The summed E-state index contributed by atoms with van der Waals surface area (Å²) in [7, 11) is 0. The van der Waals surface area contributed by atoms with Crippen molar-refractivity contribution < 1.29 is 18.7 Å². The molecule has 1 heterocycles. The van der Waals surface area contributed by atoms with E-state index >= 15 is 0 Å². The molecule has 0 radical (unpaired) electrons. The number of rotatable bonds is 5. The summed E-state index contributed by atoms with van der Waals surface area (Å²) in [5.74, 6) is 1.06. The molecule has 7 heteroatoms. The van der Waals surface area contributed by atoms with Gasteiger partial charge in [0, 0.05) is 16.1 Å². The van der Waals surface area contributed by atoms with Crippen molar-refractivity contribution in [2.75, 3.05) is 0 Å². The Bertz CT molecular complexity index is 1020. The van der Waals surface area contributed by atoms with E-state index in [1.54, 1.807) is 69.3 Å². The Balaban J connectivity index is 1.54. The number of ether oxygens (including phenoxy) is 1. The Morgan fingerprint density at radius 3 is 2.10 bits per heavy atom. The summed E-state index contributed by atoms with van der Waals surface area (Å²) in [6.07, 6.45) is 0. The SMILES string of the molecule is Cc1oc(C)c(C(=O)NNC(=O)c2ccc(COc3ccc(Cl)cc3)cc2)c1C. The monoisotopic (exact) mass is 412 g/mol. The lowest BCUT2D eigenvalue weighted by atomic mass is 10.1. The molecule has 0 aliphatic heterocycles. The molecule has 29 heavy (non-hydrogen) atoms. The van der Waals surface area contributed by atoms with Gasteiger partial charge in [-0.1, -0.05) is 23.7 Å². The molecule has 0 spiro atoms. The van der Waals surface area contributed by atoms with Crippen molar-refractivity contribution in [3.63, 3.8) is 0 Å². The van der Waals surface area contributed by atoms with Crippen LogP contribution in [-0.4, -0.2) is 11.8 Å². The molecular weight excluding hydrogens is 392 g/mol. The molecule has 2 aromatic carbocycles. The quantitative estimate of drug-likeness (QED) is 0.604. The van der Waals surface area contributed by atoms with Gasteiger partial charge in [0.15, 0.2) is 0 Å². The van der Waals surface area contributed by atoms with Crippen LogP contribution in [0.4, 0.5) is 0 Å². The van der Waals surface area contributed by atoms with Gasteiger partial charge in [0.2, 0.25) is 0 Å². The highest BCUT2D eigenvalue weighted by Gasteiger charge is 2.19. The van der Waals surface area contributed by atoms with Crippen LogP contribution in [-0.2, 0) is 6.61 Å². The second-order valence-electron chi connectivity index (χ2n) is 6.56. The third kappa shape index (κ3) is 4.97. The van der Waals surface area contributed by atoms with E-state index in [1.807, 2.05) is 0 Å². The number of hydrogen-bond acceptors (Lipinski definition) is 4. The third-order valence-corrected chi connectivity index (χ3v) is 4.77. The van der Waals surface area contributed by atoms with E-state index in [1.165, 1.54) is 0 Å². The summed E-state index contributed by atoms with van der Waals surface area (Å²) in [4.78, 5) is 24.6. The first-order chi connectivity index (χ1) is 13.8. The number of nitrogens with one attached hydrogen (secondary N) is 2. The molecule has 2 amide bonds. The number of hydrazine groups is 1. The molecule has 0 aliphatic rings. The second kappa shape index (κ2) is 8.84. The smallest absolute Gasteiger partial charge is 0.273 e. The minimum absolute atomic E-state index is 0.360. The summed E-state index contributed by atoms with van der Waals surface area (Å²) >= 11 is 5.85. The van der Waals surface area contributed by atoms with Crippen molar-refractivity contribution in [1.82, 2.24) is 10.9 Å². The predicted octanol–water partition coefficient (Wildman–Crippen LogP) is 4.51. The molecule has 6 nitrogen and oxygen atoms in total. The van der Waals surface area contributed by atoms with Crippen LogP contribution in [0.25, 0.3) is 0 Å². The summed E-state index contributed by atoms with van der Waals surface area (Å²) in [5.41, 5.74) is 7.34. The van der Waals surface area contributed by atoms with Crippen LogP contribution in [0, 0.1) is 20.8 Å². The average molecular weight is 413 g/mol. The van der Waals surface area contributed by atoms with E-state index in [9.17, 15) is 9.59 Å². The zero-order valence-corrected chi connectivity index (χ0v) is 17.1. The molecule has 2 N–H and O–H groups in total. The number of aryl methyl sites for hydroxylation is 2. The zero-order chi connectivity index (χ0) is 21.0. The van der Waals surface area contributed by atoms with E-state index in [2.05, 4.69) is 10.9 Å². The first-order valence-electron chi connectivity index (χ1n) is 8.99. The van der Waals surface area contributed by atoms with Crippen LogP contribution < -0.4 is 15.6 Å². The summed E-state index contributed by atoms with van der Waals surface area (Å²) < 4.78 is 11.1. The number of carbonyl (C=O) groups is 2. The topological polar surface area (TPSA) is 80.6 Å². The molecule has 0 atom stereocenters. The molecule has 150 valence electrons. The van der Waals surface area contributed by atoms with Gasteiger partial charge in [0.05, 0.1) is 5.56 Å². The van der Waals surface area contributed by atoms with Crippen LogP contribution in [0.5, 0.6) is 5.75 Å². The van der Waals surface area contributed by atoms with E-state index in [0.717, 1.165) is 11.1 Å².